The van der Waals surface area contributed by atoms with E-state index in [1.807, 2.05) is 0 Å². The van der Waals surface area contributed by atoms with Gasteiger partial charge >= 0.3 is 0 Å². The minimum atomic E-state index is -0.238. The van der Waals surface area contributed by atoms with Gasteiger partial charge in [-0.3, -0.25) is 4.79 Å². The summed E-state index contributed by atoms with van der Waals surface area (Å²) in [5.74, 6) is 1.48. The molecule has 3 aromatic rings. The first-order valence-corrected chi connectivity index (χ1v) is 7.58. The second kappa shape index (κ2) is 6.70. The maximum atomic E-state index is 12.3. The Kier molecular flexibility index (Phi) is 4.47. The fourth-order valence-corrected chi connectivity index (χ4v) is 2.43. The van der Waals surface area contributed by atoms with E-state index < -0.39 is 0 Å². The van der Waals surface area contributed by atoms with Crippen molar-refractivity contribution in [2.45, 2.75) is 6.54 Å². The molecule has 0 bridgehead atoms. The van der Waals surface area contributed by atoms with Crippen molar-refractivity contribution >= 4 is 21.8 Å². The molecule has 0 unspecified atom stereocenters. The highest BCUT2D eigenvalue weighted by molar-refractivity contribution is 9.10. The third kappa shape index (κ3) is 3.45. The Morgan fingerprint density at radius 2 is 2.17 bits per heavy atom. The molecule has 0 saturated carbocycles. The summed E-state index contributed by atoms with van der Waals surface area (Å²) < 4.78 is 16.2. The molecule has 7 heteroatoms. The molecule has 0 aliphatic rings. The fraction of sp³-hybridized carbons (Fsp3) is 0.125. The van der Waals surface area contributed by atoms with Crippen LogP contribution in [-0.4, -0.2) is 18.2 Å². The monoisotopic (exact) mass is 376 g/mol. The molecule has 3 rings (SSSR count). The third-order valence-electron chi connectivity index (χ3n) is 3.17. The van der Waals surface area contributed by atoms with E-state index in [1.54, 1.807) is 49.8 Å². The molecule has 1 amide bonds. The molecule has 2 aromatic heterocycles. The smallest absolute Gasteiger partial charge is 0.252 e. The topological polar surface area (TPSA) is 77.5 Å². The van der Waals surface area contributed by atoms with Crippen molar-refractivity contribution in [3.63, 3.8) is 0 Å². The number of carbonyl (C=O) groups excluding carboxylic acids is 1. The highest BCUT2D eigenvalue weighted by Gasteiger charge is 2.13. The summed E-state index contributed by atoms with van der Waals surface area (Å²) >= 11 is 3.35. The van der Waals surface area contributed by atoms with E-state index in [0.29, 0.717) is 33.0 Å². The van der Waals surface area contributed by atoms with Gasteiger partial charge < -0.3 is 19.0 Å². The number of carbonyl (C=O) groups is 1. The number of benzene rings is 1. The summed E-state index contributed by atoms with van der Waals surface area (Å²) in [6.45, 7) is 0.243. The maximum absolute atomic E-state index is 12.3. The highest BCUT2D eigenvalue weighted by Crippen LogP contribution is 2.23. The van der Waals surface area contributed by atoms with Gasteiger partial charge in [-0.2, -0.15) is 0 Å². The summed E-state index contributed by atoms with van der Waals surface area (Å²) in [4.78, 5) is 12.3. The van der Waals surface area contributed by atoms with Gasteiger partial charge in [-0.15, -0.1) is 0 Å². The molecular formula is C16H13BrN2O4. The number of hydrogen-bond donors (Lipinski definition) is 1. The zero-order chi connectivity index (χ0) is 16.2. The summed E-state index contributed by atoms with van der Waals surface area (Å²) in [5, 5.41) is 6.70. The van der Waals surface area contributed by atoms with Crippen LogP contribution < -0.4 is 10.1 Å². The first-order chi connectivity index (χ1) is 11.2. The lowest BCUT2D eigenvalue weighted by atomic mass is 10.2. The Morgan fingerprint density at radius 1 is 1.30 bits per heavy atom. The van der Waals surface area contributed by atoms with E-state index in [0.717, 1.165) is 0 Å². The number of amides is 1. The van der Waals surface area contributed by atoms with Crippen LogP contribution in [0.5, 0.6) is 5.75 Å². The zero-order valence-corrected chi connectivity index (χ0v) is 13.8. The van der Waals surface area contributed by atoms with Gasteiger partial charge in [0.1, 0.15) is 11.4 Å². The minimum absolute atomic E-state index is 0.238. The van der Waals surface area contributed by atoms with E-state index in [4.69, 9.17) is 13.7 Å². The summed E-state index contributed by atoms with van der Waals surface area (Å²) in [7, 11) is 1.55. The van der Waals surface area contributed by atoms with Crippen LogP contribution in [0.1, 0.15) is 16.1 Å². The zero-order valence-electron chi connectivity index (χ0n) is 12.2. The van der Waals surface area contributed by atoms with Crippen LogP contribution in [0, 0.1) is 0 Å². The highest BCUT2D eigenvalue weighted by atomic mass is 79.9. The van der Waals surface area contributed by atoms with Crippen LogP contribution in [0.15, 0.2) is 56.1 Å². The number of aromatic nitrogens is 1. The van der Waals surface area contributed by atoms with Crippen LogP contribution in [0.3, 0.4) is 0 Å². The Bertz CT molecular complexity index is 811. The second-order valence-electron chi connectivity index (χ2n) is 4.69. The Morgan fingerprint density at radius 3 is 2.91 bits per heavy atom. The Hall–Kier alpha value is -2.54. The normalized spacial score (nSPS) is 10.5. The van der Waals surface area contributed by atoms with Crippen molar-refractivity contribution in [2.75, 3.05) is 7.11 Å². The largest absolute Gasteiger partial charge is 0.497 e. The summed E-state index contributed by atoms with van der Waals surface area (Å²) in [5.41, 5.74) is 1.09. The van der Waals surface area contributed by atoms with Gasteiger partial charge in [0.2, 0.25) is 5.76 Å². The molecule has 0 atom stereocenters. The lowest BCUT2D eigenvalue weighted by molar-refractivity contribution is 0.0949. The molecule has 6 nitrogen and oxygen atoms in total. The average molecular weight is 377 g/mol. The lowest BCUT2D eigenvalue weighted by Crippen LogP contribution is -2.23. The lowest BCUT2D eigenvalue weighted by Gasteiger charge is -2.07. The molecule has 0 fully saturated rings. The van der Waals surface area contributed by atoms with Crippen LogP contribution >= 0.6 is 15.9 Å². The molecular weight excluding hydrogens is 364 g/mol. The number of halogens is 1. The molecule has 118 valence electrons. The van der Waals surface area contributed by atoms with Crippen LogP contribution in [0.4, 0.5) is 0 Å². The van der Waals surface area contributed by atoms with Crippen molar-refractivity contribution < 1.29 is 18.5 Å². The number of hydrogen-bond acceptors (Lipinski definition) is 5. The average Bonchev–Trinajstić information content (AvgIpc) is 3.24. The first kappa shape index (κ1) is 15.4. The fourth-order valence-electron chi connectivity index (χ4n) is 2.00. The van der Waals surface area contributed by atoms with Crippen molar-refractivity contribution in [1.82, 2.24) is 10.5 Å². The quantitative estimate of drug-likeness (QED) is 0.735. The van der Waals surface area contributed by atoms with Crippen LogP contribution in [0.2, 0.25) is 0 Å². The summed E-state index contributed by atoms with van der Waals surface area (Å²) in [6, 6.07) is 10.5. The van der Waals surface area contributed by atoms with E-state index >= 15 is 0 Å². The second-order valence-corrected chi connectivity index (χ2v) is 5.54. The van der Waals surface area contributed by atoms with Crippen molar-refractivity contribution in [3.8, 4) is 17.3 Å². The van der Waals surface area contributed by atoms with Gasteiger partial charge in [0.05, 0.1) is 25.5 Å². The molecule has 0 aliphatic carbocycles. The van der Waals surface area contributed by atoms with Gasteiger partial charge in [0.25, 0.3) is 5.91 Å². The first-order valence-electron chi connectivity index (χ1n) is 6.78. The maximum Gasteiger partial charge on any atom is 0.252 e. The molecule has 2 heterocycles. The Balaban J connectivity index is 1.67. The molecule has 1 aromatic carbocycles. The standard InChI is InChI=1S/C16H13BrN2O4/c1-21-11-4-5-13(17)12(8-11)16(20)18-9-10-7-15(23-19-10)14-3-2-6-22-14/h2-8H,9H2,1H3,(H,18,20). The van der Waals surface area contributed by atoms with Gasteiger partial charge in [-0.05, 0) is 46.3 Å². The number of methoxy groups -OCH3 is 1. The third-order valence-corrected chi connectivity index (χ3v) is 3.86. The predicted molar refractivity (Wildman–Crippen MR) is 86.1 cm³/mol. The number of nitrogens with one attached hydrogen (secondary N) is 1. The number of furan rings is 1. The van der Waals surface area contributed by atoms with Gasteiger partial charge in [-0.25, -0.2) is 0 Å². The number of rotatable bonds is 5. The molecule has 0 saturated heterocycles. The van der Waals surface area contributed by atoms with Gasteiger partial charge in [0.15, 0.2) is 5.76 Å². The summed E-state index contributed by atoms with van der Waals surface area (Å²) in [6.07, 6.45) is 1.56. The van der Waals surface area contributed by atoms with E-state index in [9.17, 15) is 4.79 Å². The van der Waals surface area contributed by atoms with Crippen LogP contribution in [0.25, 0.3) is 11.5 Å². The molecule has 1 N–H and O–H groups in total. The van der Waals surface area contributed by atoms with Crippen molar-refractivity contribution in [2.24, 2.45) is 0 Å². The molecule has 0 spiro atoms. The SMILES string of the molecule is COc1ccc(Br)c(C(=O)NCc2cc(-c3ccco3)on2)c1. The van der Waals surface area contributed by atoms with E-state index in [1.165, 1.54) is 0 Å². The van der Waals surface area contributed by atoms with E-state index in [-0.39, 0.29) is 12.5 Å². The predicted octanol–water partition coefficient (Wildman–Crippen LogP) is 3.64. The minimum Gasteiger partial charge on any atom is -0.497 e. The Labute approximate surface area is 140 Å². The van der Waals surface area contributed by atoms with E-state index in [2.05, 4.69) is 26.4 Å². The van der Waals surface area contributed by atoms with Crippen molar-refractivity contribution in [1.29, 1.82) is 0 Å². The molecule has 0 aliphatic heterocycles. The molecule has 23 heavy (non-hydrogen) atoms. The molecule has 0 radical (unpaired) electrons. The van der Waals surface area contributed by atoms with Gasteiger partial charge in [0, 0.05) is 10.5 Å². The van der Waals surface area contributed by atoms with Gasteiger partial charge in [-0.1, -0.05) is 5.16 Å². The van der Waals surface area contributed by atoms with Crippen LogP contribution in [-0.2, 0) is 6.54 Å². The van der Waals surface area contributed by atoms with Crippen molar-refractivity contribution in [3.05, 3.63) is 58.4 Å². The number of nitrogens with zero attached hydrogens (tertiary/aromatic N) is 1. The number of ether oxygens (including phenoxy) is 1.